The molecule has 0 aromatic heterocycles. The van der Waals surface area contributed by atoms with Gasteiger partial charge in [-0.1, -0.05) is 0 Å². The molecule has 0 aliphatic carbocycles. The van der Waals surface area contributed by atoms with Crippen molar-refractivity contribution in [1.82, 2.24) is 4.90 Å². The van der Waals surface area contributed by atoms with Gasteiger partial charge in [0, 0.05) is 19.6 Å². The molecule has 1 unspecified atom stereocenters. The Morgan fingerprint density at radius 2 is 2.33 bits per heavy atom. The molecule has 15 heavy (non-hydrogen) atoms. The van der Waals surface area contributed by atoms with Crippen LogP contribution in [0.25, 0.3) is 0 Å². The summed E-state index contributed by atoms with van der Waals surface area (Å²) < 4.78 is 10.3. The second-order valence-electron chi connectivity index (χ2n) is 4.35. The minimum absolute atomic E-state index is 0.223. The second kappa shape index (κ2) is 4.92. The van der Waals surface area contributed by atoms with Crippen molar-refractivity contribution < 1.29 is 14.3 Å². The average molecular weight is 216 g/mol. The molecule has 0 bridgehead atoms. The number of ether oxygens (including phenoxy) is 2. The maximum atomic E-state index is 11.5. The zero-order valence-electron chi connectivity index (χ0n) is 9.66. The van der Waals surface area contributed by atoms with Crippen LogP contribution in [0.1, 0.15) is 13.8 Å². The molecule has 1 heterocycles. The summed E-state index contributed by atoms with van der Waals surface area (Å²) in [7, 11) is 1.39. The number of nitrogens with zero attached hydrogens (tertiary/aromatic N) is 1. The minimum atomic E-state index is -0.349. The van der Waals surface area contributed by atoms with Gasteiger partial charge in [0.2, 0.25) is 0 Å². The van der Waals surface area contributed by atoms with Crippen molar-refractivity contribution in [2.75, 3.05) is 33.4 Å². The summed E-state index contributed by atoms with van der Waals surface area (Å²) in [4.78, 5) is 13.5. The van der Waals surface area contributed by atoms with Crippen LogP contribution in [0.3, 0.4) is 0 Å². The highest BCUT2D eigenvalue weighted by Crippen LogP contribution is 2.18. The van der Waals surface area contributed by atoms with Crippen LogP contribution in [0, 0.1) is 0 Å². The molecule has 0 radical (unpaired) electrons. The third-order valence-corrected chi connectivity index (χ3v) is 2.59. The van der Waals surface area contributed by atoms with E-state index < -0.39 is 0 Å². The van der Waals surface area contributed by atoms with Gasteiger partial charge in [0.1, 0.15) is 6.04 Å². The van der Waals surface area contributed by atoms with E-state index in [4.69, 9.17) is 15.2 Å². The van der Waals surface area contributed by atoms with E-state index in [1.165, 1.54) is 7.11 Å². The average Bonchev–Trinajstić information content (AvgIpc) is 2.17. The van der Waals surface area contributed by atoms with Gasteiger partial charge in [0.25, 0.3) is 0 Å². The van der Waals surface area contributed by atoms with Crippen LogP contribution >= 0.6 is 0 Å². The number of methoxy groups -OCH3 is 1. The Bertz CT molecular complexity index is 231. The van der Waals surface area contributed by atoms with Crippen molar-refractivity contribution >= 4 is 5.97 Å². The standard InChI is InChI=1S/C10H20N2O3/c1-10(2)7-12(4-5-15-10)8(6-11)9(13)14-3/h8H,4-7,11H2,1-3H3. The van der Waals surface area contributed by atoms with E-state index in [0.717, 1.165) is 6.54 Å². The highest BCUT2D eigenvalue weighted by molar-refractivity contribution is 5.75. The van der Waals surface area contributed by atoms with E-state index in [9.17, 15) is 4.79 Å². The lowest BCUT2D eigenvalue weighted by Crippen LogP contribution is -2.56. The molecular formula is C10H20N2O3. The monoisotopic (exact) mass is 216 g/mol. The van der Waals surface area contributed by atoms with Crippen molar-refractivity contribution in [2.45, 2.75) is 25.5 Å². The lowest BCUT2D eigenvalue weighted by Gasteiger charge is -2.40. The summed E-state index contributed by atoms with van der Waals surface area (Å²) in [5.41, 5.74) is 5.36. The normalized spacial score (nSPS) is 23.5. The Balaban J connectivity index is 2.64. The zero-order chi connectivity index (χ0) is 11.5. The molecule has 0 aromatic rings. The summed E-state index contributed by atoms with van der Waals surface area (Å²) in [5.74, 6) is -0.268. The van der Waals surface area contributed by atoms with Gasteiger partial charge in [0.05, 0.1) is 19.3 Å². The first-order valence-electron chi connectivity index (χ1n) is 5.16. The molecule has 1 aliphatic heterocycles. The fourth-order valence-electron chi connectivity index (χ4n) is 1.85. The van der Waals surface area contributed by atoms with Gasteiger partial charge in [-0.3, -0.25) is 9.69 Å². The predicted octanol–water partition coefficient (Wildman–Crippen LogP) is -0.402. The molecule has 0 aromatic carbocycles. The third-order valence-electron chi connectivity index (χ3n) is 2.59. The molecule has 1 rings (SSSR count). The SMILES string of the molecule is COC(=O)C(CN)N1CCOC(C)(C)C1. The van der Waals surface area contributed by atoms with Gasteiger partial charge in [0.15, 0.2) is 0 Å². The Labute approximate surface area is 90.5 Å². The largest absolute Gasteiger partial charge is 0.468 e. The number of carbonyl (C=O) groups excluding carboxylic acids is 1. The second-order valence-corrected chi connectivity index (χ2v) is 4.35. The minimum Gasteiger partial charge on any atom is -0.468 e. The van der Waals surface area contributed by atoms with Gasteiger partial charge >= 0.3 is 5.97 Å². The first-order valence-corrected chi connectivity index (χ1v) is 5.16. The summed E-state index contributed by atoms with van der Waals surface area (Å²) in [5, 5.41) is 0. The molecule has 5 nitrogen and oxygen atoms in total. The Kier molecular flexibility index (Phi) is 4.07. The molecule has 0 saturated carbocycles. The predicted molar refractivity (Wildman–Crippen MR) is 56.5 cm³/mol. The van der Waals surface area contributed by atoms with E-state index in [1.807, 2.05) is 18.7 Å². The molecule has 2 N–H and O–H groups in total. The fraction of sp³-hybridized carbons (Fsp3) is 0.900. The highest BCUT2D eigenvalue weighted by Gasteiger charge is 2.34. The summed E-state index contributed by atoms with van der Waals surface area (Å²) >= 11 is 0. The van der Waals surface area contributed by atoms with Crippen LogP contribution in [0.5, 0.6) is 0 Å². The van der Waals surface area contributed by atoms with E-state index >= 15 is 0 Å². The van der Waals surface area contributed by atoms with E-state index in [0.29, 0.717) is 13.2 Å². The first kappa shape index (κ1) is 12.4. The number of hydrogen-bond donors (Lipinski definition) is 1. The number of carbonyl (C=O) groups is 1. The highest BCUT2D eigenvalue weighted by atomic mass is 16.5. The van der Waals surface area contributed by atoms with Gasteiger partial charge in [-0.2, -0.15) is 0 Å². The molecule has 0 amide bonds. The van der Waals surface area contributed by atoms with Crippen molar-refractivity contribution in [2.24, 2.45) is 5.73 Å². The van der Waals surface area contributed by atoms with E-state index in [2.05, 4.69) is 0 Å². The molecule has 1 saturated heterocycles. The molecule has 5 heteroatoms. The fourth-order valence-corrected chi connectivity index (χ4v) is 1.85. The number of rotatable bonds is 3. The summed E-state index contributed by atoms with van der Waals surface area (Å²) in [6, 6.07) is -0.349. The number of morpholine rings is 1. The van der Waals surface area contributed by atoms with Crippen LogP contribution in [0.2, 0.25) is 0 Å². The topological polar surface area (TPSA) is 64.8 Å². The maximum Gasteiger partial charge on any atom is 0.324 e. The number of hydrogen-bond acceptors (Lipinski definition) is 5. The van der Waals surface area contributed by atoms with Crippen LogP contribution in [0.15, 0.2) is 0 Å². The van der Waals surface area contributed by atoms with Gasteiger partial charge < -0.3 is 15.2 Å². The molecule has 0 spiro atoms. The Morgan fingerprint density at radius 1 is 1.67 bits per heavy atom. The van der Waals surface area contributed by atoms with Gasteiger partial charge in [-0.15, -0.1) is 0 Å². The molecule has 1 atom stereocenters. The lowest BCUT2D eigenvalue weighted by atomic mass is 10.1. The molecule has 1 fully saturated rings. The van der Waals surface area contributed by atoms with Gasteiger partial charge in [-0.05, 0) is 13.8 Å². The molecular weight excluding hydrogens is 196 g/mol. The molecule has 88 valence electrons. The van der Waals surface area contributed by atoms with Crippen LogP contribution in [-0.2, 0) is 14.3 Å². The van der Waals surface area contributed by atoms with Crippen LogP contribution < -0.4 is 5.73 Å². The number of esters is 1. The lowest BCUT2D eigenvalue weighted by molar-refractivity contribution is -0.153. The van der Waals surface area contributed by atoms with Crippen molar-refractivity contribution in [3.05, 3.63) is 0 Å². The van der Waals surface area contributed by atoms with E-state index in [-0.39, 0.29) is 24.2 Å². The van der Waals surface area contributed by atoms with Gasteiger partial charge in [-0.25, -0.2) is 0 Å². The van der Waals surface area contributed by atoms with Crippen molar-refractivity contribution in [3.63, 3.8) is 0 Å². The maximum absolute atomic E-state index is 11.5. The van der Waals surface area contributed by atoms with Crippen molar-refractivity contribution in [1.29, 1.82) is 0 Å². The zero-order valence-corrected chi connectivity index (χ0v) is 9.66. The third kappa shape index (κ3) is 3.15. The van der Waals surface area contributed by atoms with Crippen LogP contribution in [-0.4, -0.2) is 55.9 Å². The summed E-state index contributed by atoms with van der Waals surface area (Å²) in [6.07, 6.45) is 0. The first-order chi connectivity index (χ1) is 7.00. The van der Waals surface area contributed by atoms with E-state index in [1.54, 1.807) is 0 Å². The summed E-state index contributed by atoms with van der Waals surface area (Å²) in [6.45, 7) is 6.33. The number of nitrogens with two attached hydrogens (primary N) is 1. The Morgan fingerprint density at radius 3 is 2.80 bits per heavy atom. The van der Waals surface area contributed by atoms with Crippen LogP contribution in [0.4, 0.5) is 0 Å². The van der Waals surface area contributed by atoms with Crippen molar-refractivity contribution in [3.8, 4) is 0 Å². The quantitative estimate of drug-likeness (QED) is 0.650. The smallest absolute Gasteiger partial charge is 0.324 e. The Hall–Kier alpha value is -0.650. The molecule has 1 aliphatic rings.